The fourth-order valence-corrected chi connectivity index (χ4v) is 3.13. The molecule has 3 aromatic carbocycles. The number of aromatic nitrogens is 2. The van der Waals surface area contributed by atoms with E-state index in [9.17, 15) is 9.18 Å². The Labute approximate surface area is 165 Å². The first-order chi connectivity index (χ1) is 13.6. The van der Waals surface area contributed by atoms with Crippen molar-refractivity contribution in [2.45, 2.75) is 13.2 Å². The summed E-state index contributed by atoms with van der Waals surface area (Å²) in [5, 5.41) is 3.87. The molecule has 0 amide bonds. The topological polar surface area (TPSA) is 69.9 Å². The summed E-state index contributed by atoms with van der Waals surface area (Å²) in [6.07, 6.45) is 0. The molecular weight excluding hydrogens is 381 g/mol. The van der Waals surface area contributed by atoms with Gasteiger partial charge >= 0.3 is 5.69 Å². The normalized spacial score (nSPS) is 10.9. The Morgan fingerprint density at radius 2 is 1.79 bits per heavy atom. The molecule has 0 aliphatic heterocycles. The summed E-state index contributed by atoms with van der Waals surface area (Å²) in [7, 11) is 0. The fourth-order valence-electron chi connectivity index (χ4n) is 2.94. The number of fused-ring (bicyclic) bond motifs is 1. The van der Waals surface area contributed by atoms with Crippen molar-refractivity contribution in [1.82, 2.24) is 9.97 Å². The van der Waals surface area contributed by atoms with Crippen LogP contribution < -0.4 is 15.7 Å². The lowest BCUT2D eigenvalue weighted by atomic mass is 10.2. The van der Waals surface area contributed by atoms with Crippen molar-refractivity contribution in [3.8, 4) is 5.75 Å². The molecule has 0 saturated heterocycles. The van der Waals surface area contributed by atoms with E-state index in [4.69, 9.17) is 16.3 Å². The first-order valence-electron chi connectivity index (χ1n) is 8.69. The van der Waals surface area contributed by atoms with E-state index in [1.165, 1.54) is 6.07 Å². The standard InChI is InChI=1S/C21H17ClFN3O2/c22-15-5-8-20(28-12-13-3-1-2-4-17(13)23)14(9-15)11-24-16-6-7-18-19(10-16)26-21(27)25-18/h1-10,24H,11-12H2,(H2,25,26,27). The quantitative estimate of drug-likeness (QED) is 0.436. The number of hydrogen-bond donors (Lipinski definition) is 3. The molecule has 0 aliphatic carbocycles. The summed E-state index contributed by atoms with van der Waals surface area (Å²) in [6, 6.07) is 17.4. The molecule has 1 aromatic heterocycles. The van der Waals surface area contributed by atoms with Gasteiger partial charge in [0.15, 0.2) is 0 Å². The van der Waals surface area contributed by atoms with Gasteiger partial charge < -0.3 is 20.0 Å². The lowest BCUT2D eigenvalue weighted by Crippen LogP contribution is -2.04. The highest BCUT2D eigenvalue weighted by Gasteiger charge is 2.08. The molecule has 0 radical (unpaired) electrons. The summed E-state index contributed by atoms with van der Waals surface area (Å²) in [5.74, 6) is 0.321. The molecule has 0 saturated carbocycles. The second kappa shape index (κ2) is 7.78. The predicted molar refractivity (Wildman–Crippen MR) is 108 cm³/mol. The van der Waals surface area contributed by atoms with Crippen LogP contribution in [0.5, 0.6) is 5.75 Å². The Kier molecular flexibility index (Phi) is 5.04. The molecule has 3 N–H and O–H groups in total. The molecule has 4 aromatic rings. The van der Waals surface area contributed by atoms with Gasteiger partial charge in [-0.1, -0.05) is 29.8 Å². The van der Waals surface area contributed by atoms with Crippen LogP contribution in [0.3, 0.4) is 0 Å². The van der Waals surface area contributed by atoms with E-state index < -0.39 is 0 Å². The van der Waals surface area contributed by atoms with Gasteiger partial charge in [0.05, 0.1) is 11.0 Å². The van der Waals surface area contributed by atoms with Crippen LogP contribution in [-0.4, -0.2) is 9.97 Å². The third-order valence-electron chi connectivity index (χ3n) is 4.36. The number of anilines is 1. The van der Waals surface area contributed by atoms with Crippen molar-refractivity contribution in [3.63, 3.8) is 0 Å². The molecule has 0 bridgehead atoms. The Morgan fingerprint density at radius 1 is 0.964 bits per heavy atom. The highest BCUT2D eigenvalue weighted by atomic mass is 35.5. The maximum absolute atomic E-state index is 13.8. The molecular formula is C21H17ClFN3O2. The number of halogens is 2. The molecule has 0 aliphatic rings. The Balaban J connectivity index is 1.50. The number of nitrogens with one attached hydrogen (secondary N) is 3. The maximum atomic E-state index is 13.8. The third-order valence-corrected chi connectivity index (χ3v) is 4.60. The highest BCUT2D eigenvalue weighted by Crippen LogP contribution is 2.26. The largest absolute Gasteiger partial charge is 0.488 e. The predicted octanol–water partition coefficient (Wildman–Crippen LogP) is 4.84. The zero-order chi connectivity index (χ0) is 19.5. The van der Waals surface area contributed by atoms with Crippen LogP contribution >= 0.6 is 11.6 Å². The summed E-state index contributed by atoms with van der Waals surface area (Å²) in [5.41, 5.74) is 3.38. The molecule has 0 fully saturated rings. The summed E-state index contributed by atoms with van der Waals surface area (Å²) in [4.78, 5) is 16.8. The van der Waals surface area contributed by atoms with Crippen LogP contribution in [-0.2, 0) is 13.2 Å². The molecule has 4 rings (SSSR count). The summed E-state index contributed by atoms with van der Waals surface area (Å²) in [6.45, 7) is 0.575. The van der Waals surface area contributed by atoms with Gasteiger partial charge in [0.2, 0.25) is 0 Å². The minimum atomic E-state index is -0.301. The van der Waals surface area contributed by atoms with Crippen molar-refractivity contribution >= 4 is 28.3 Å². The van der Waals surface area contributed by atoms with E-state index >= 15 is 0 Å². The van der Waals surface area contributed by atoms with Crippen LogP contribution in [0.1, 0.15) is 11.1 Å². The lowest BCUT2D eigenvalue weighted by molar-refractivity contribution is 0.297. The minimum Gasteiger partial charge on any atom is -0.488 e. The summed E-state index contributed by atoms with van der Waals surface area (Å²) >= 11 is 6.13. The van der Waals surface area contributed by atoms with Crippen molar-refractivity contribution in [1.29, 1.82) is 0 Å². The van der Waals surface area contributed by atoms with Gasteiger partial charge in [-0.3, -0.25) is 0 Å². The monoisotopic (exact) mass is 397 g/mol. The van der Waals surface area contributed by atoms with Gasteiger partial charge in [-0.25, -0.2) is 9.18 Å². The fraction of sp³-hybridized carbons (Fsp3) is 0.0952. The average molecular weight is 398 g/mol. The van der Waals surface area contributed by atoms with Gasteiger partial charge in [0.1, 0.15) is 18.2 Å². The first kappa shape index (κ1) is 18.1. The van der Waals surface area contributed by atoms with Gasteiger partial charge in [-0.2, -0.15) is 0 Å². The van der Waals surface area contributed by atoms with Crippen LogP contribution in [0, 0.1) is 5.82 Å². The summed E-state index contributed by atoms with van der Waals surface area (Å²) < 4.78 is 19.6. The van der Waals surface area contributed by atoms with Gasteiger partial charge in [-0.05, 0) is 42.5 Å². The second-order valence-electron chi connectivity index (χ2n) is 6.33. The first-order valence-corrected chi connectivity index (χ1v) is 9.07. The van der Waals surface area contributed by atoms with Crippen molar-refractivity contribution < 1.29 is 9.13 Å². The molecule has 1 heterocycles. The lowest BCUT2D eigenvalue weighted by Gasteiger charge is -2.14. The zero-order valence-corrected chi connectivity index (χ0v) is 15.5. The molecule has 28 heavy (non-hydrogen) atoms. The van der Waals surface area contributed by atoms with Crippen molar-refractivity contribution in [3.05, 3.63) is 93.1 Å². The molecule has 0 spiro atoms. The third kappa shape index (κ3) is 4.02. The molecule has 142 valence electrons. The van der Waals surface area contributed by atoms with E-state index in [1.54, 1.807) is 30.3 Å². The van der Waals surface area contributed by atoms with Crippen LogP contribution in [0.4, 0.5) is 10.1 Å². The SMILES string of the molecule is O=c1[nH]c2ccc(NCc3cc(Cl)ccc3OCc3ccccc3F)cc2[nH]1. The number of H-pyrrole nitrogens is 2. The Hall–Kier alpha value is -3.25. The molecule has 7 heteroatoms. The number of ether oxygens (including phenoxy) is 1. The van der Waals surface area contributed by atoms with E-state index in [2.05, 4.69) is 15.3 Å². The number of rotatable bonds is 6. The van der Waals surface area contributed by atoms with Gasteiger partial charge in [0, 0.05) is 28.4 Å². The molecule has 0 unspecified atom stereocenters. The van der Waals surface area contributed by atoms with Crippen LogP contribution in [0.15, 0.2) is 65.5 Å². The van der Waals surface area contributed by atoms with E-state index in [0.717, 1.165) is 22.3 Å². The van der Waals surface area contributed by atoms with Crippen molar-refractivity contribution in [2.75, 3.05) is 5.32 Å². The van der Waals surface area contributed by atoms with Crippen LogP contribution in [0.25, 0.3) is 11.0 Å². The number of aromatic amines is 2. The smallest absolute Gasteiger partial charge is 0.323 e. The maximum Gasteiger partial charge on any atom is 0.323 e. The number of benzene rings is 3. The molecule has 0 atom stereocenters. The highest BCUT2D eigenvalue weighted by molar-refractivity contribution is 6.30. The van der Waals surface area contributed by atoms with E-state index in [1.807, 2.05) is 24.3 Å². The van der Waals surface area contributed by atoms with E-state index in [-0.39, 0.29) is 18.1 Å². The van der Waals surface area contributed by atoms with Crippen LogP contribution in [0.2, 0.25) is 5.02 Å². The molecule has 5 nitrogen and oxygen atoms in total. The Bertz CT molecular complexity index is 1190. The zero-order valence-electron chi connectivity index (χ0n) is 14.8. The van der Waals surface area contributed by atoms with Gasteiger partial charge in [-0.15, -0.1) is 0 Å². The number of imidazole rings is 1. The Morgan fingerprint density at radius 3 is 2.64 bits per heavy atom. The van der Waals surface area contributed by atoms with Gasteiger partial charge in [0.25, 0.3) is 0 Å². The average Bonchev–Trinajstić information content (AvgIpc) is 3.06. The van der Waals surface area contributed by atoms with E-state index in [0.29, 0.717) is 22.9 Å². The number of hydrogen-bond acceptors (Lipinski definition) is 3. The second-order valence-corrected chi connectivity index (χ2v) is 6.76. The minimum absolute atomic E-state index is 0.123. The van der Waals surface area contributed by atoms with Crippen molar-refractivity contribution in [2.24, 2.45) is 0 Å².